The van der Waals surface area contributed by atoms with Crippen molar-refractivity contribution in [2.75, 3.05) is 5.32 Å². The number of amides is 1. The van der Waals surface area contributed by atoms with Crippen LogP contribution in [0.1, 0.15) is 27.0 Å². The number of fused-ring (bicyclic) bond motifs is 1. The van der Waals surface area contributed by atoms with Gasteiger partial charge >= 0.3 is 0 Å². The first-order valence-electron chi connectivity index (χ1n) is 6.88. The van der Waals surface area contributed by atoms with Gasteiger partial charge in [0.15, 0.2) is 0 Å². The normalized spacial score (nSPS) is 10.8. The average molecular weight is 279 g/mol. The van der Waals surface area contributed by atoms with Crippen molar-refractivity contribution in [3.05, 3.63) is 58.7 Å². The van der Waals surface area contributed by atoms with Gasteiger partial charge in [0.25, 0.3) is 5.91 Å². The van der Waals surface area contributed by atoms with Gasteiger partial charge in [0.2, 0.25) is 5.95 Å². The number of benzene rings is 2. The Balaban J connectivity index is 1.92. The first-order chi connectivity index (χ1) is 10.0. The predicted octanol–water partition coefficient (Wildman–Crippen LogP) is 3.74. The highest BCUT2D eigenvalue weighted by atomic mass is 16.1. The van der Waals surface area contributed by atoms with Crippen molar-refractivity contribution >= 4 is 22.9 Å². The van der Waals surface area contributed by atoms with Crippen molar-refractivity contribution < 1.29 is 4.79 Å². The van der Waals surface area contributed by atoms with Crippen LogP contribution in [0.4, 0.5) is 5.95 Å². The van der Waals surface area contributed by atoms with Crippen LogP contribution in [0, 0.1) is 20.8 Å². The minimum atomic E-state index is -0.152. The Morgan fingerprint density at radius 2 is 1.76 bits per heavy atom. The quantitative estimate of drug-likeness (QED) is 0.750. The van der Waals surface area contributed by atoms with Gasteiger partial charge in [-0.15, -0.1) is 0 Å². The fourth-order valence-corrected chi connectivity index (χ4v) is 2.33. The van der Waals surface area contributed by atoms with Crippen LogP contribution in [0.2, 0.25) is 0 Å². The molecule has 21 heavy (non-hydrogen) atoms. The molecular formula is C17H17N3O. The molecule has 106 valence electrons. The highest BCUT2D eigenvalue weighted by Gasteiger charge is 2.11. The molecule has 0 bridgehead atoms. The van der Waals surface area contributed by atoms with Crippen LogP contribution in [0.5, 0.6) is 0 Å². The molecule has 0 aliphatic carbocycles. The lowest BCUT2D eigenvalue weighted by Gasteiger charge is -2.04. The van der Waals surface area contributed by atoms with Gasteiger partial charge in [-0.1, -0.05) is 18.2 Å². The molecule has 0 atom stereocenters. The summed E-state index contributed by atoms with van der Waals surface area (Å²) in [5.74, 6) is 0.323. The second-order valence-electron chi connectivity index (χ2n) is 5.31. The largest absolute Gasteiger partial charge is 0.324 e. The Labute approximate surface area is 123 Å². The Kier molecular flexibility index (Phi) is 3.22. The first-order valence-corrected chi connectivity index (χ1v) is 6.88. The van der Waals surface area contributed by atoms with Gasteiger partial charge < -0.3 is 4.98 Å². The number of imidazole rings is 1. The molecular weight excluding hydrogens is 262 g/mol. The molecule has 0 spiro atoms. The number of carbonyl (C=O) groups is 1. The zero-order valence-electron chi connectivity index (χ0n) is 12.3. The lowest BCUT2D eigenvalue weighted by molar-refractivity contribution is 0.102. The van der Waals surface area contributed by atoms with Crippen LogP contribution < -0.4 is 5.32 Å². The lowest BCUT2D eigenvalue weighted by Crippen LogP contribution is -2.14. The number of hydrogen-bond acceptors (Lipinski definition) is 2. The molecule has 4 heteroatoms. The SMILES string of the molecule is Cc1cc2nc(NC(=O)c3ccccc3C)[nH]c2cc1C. The molecule has 0 radical (unpaired) electrons. The zero-order chi connectivity index (χ0) is 15.0. The number of aromatic amines is 1. The molecule has 0 aliphatic rings. The van der Waals surface area contributed by atoms with Crippen LogP contribution in [0.25, 0.3) is 11.0 Å². The second kappa shape index (κ2) is 5.05. The fourth-order valence-electron chi connectivity index (χ4n) is 2.33. The van der Waals surface area contributed by atoms with E-state index in [1.165, 1.54) is 11.1 Å². The van der Waals surface area contributed by atoms with Gasteiger partial charge in [0.1, 0.15) is 0 Å². The molecule has 0 unspecified atom stereocenters. The maximum Gasteiger partial charge on any atom is 0.258 e. The van der Waals surface area contributed by atoms with E-state index >= 15 is 0 Å². The average Bonchev–Trinajstić information content (AvgIpc) is 2.81. The van der Waals surface area contributed by atoms with Crippen molar-refractivity contribution in [3.8, 4) is 0 Å². The Hall–Kier alpha value is -2.62. The number of anilines is 1. The smallest absolute Gasteiger partial charge is 0.258 e. The molecule has 3 rings (SSSR count). The van der Waals surface area contributed by atoms with E-state index in [1.54, 1.807) is 0 Å². The van der Waals surface area contributed by atoms with Crippen LogP contribution in [-0.4, -0.2) is 15.9 Å². The van der Waals surface area contributed by atoms with Gasteiger partial charge in [-0.2, -0.15) is 0 Å². The van der Waals surface area contributed by atoms with E-state index in [1.807, 2.05) is 43.3 Å². The van der Waals surface area contributed by atoms with E-state index in [4.69, 9.17) is 0 Å². The molecule has 1 amide bonds. The van der Waals surface area contributed by atoms with E-state index in [2.05, 4.69) is 29.1 Å². The topological polar surface area (TPSA) is 57.8 Å². The summed E-state index contributed by atoms with van der Waals surface area (Å²) in [6.45, 7) is 6.02. The number of aryl methyl sites for hydroxylation is 3. The summed E-state index contributed by atoms with van der Waals surface area (Å²) in [6, 6.07) is 11.6. The fraction of sp³-hybridized carbons (Fsp3) is 0.176. The van der Waals surface area contributed by atoms with E-state index < -0.39 is 0 Å². The lowest BCUT2D eigenvalue weighted by atomic mass is 10.1. The molecule has 1 heterocycles. The minimum Gasteiger partial charge on any atom is -0.324 e. The molecule has 1 aromatic heterocycles. The zero-order valence-corrected chi connectivity index (χ0v) is 12.3. The number of nitrogens with one attached hydrogen (secondary N) is 2. The van der Waals surface area contributed by atoms with E-state index in [0.29, 0.717) is 11.5 Å². The van der Waals surface area contributed by atoms with Gasteiger partial charge in [-0.3, -0.25) is 10.1 Å². The van der Waals surface area contributed by atoms with Crippen molar-refractivity contribution in [2.24, 2.45) is 0 Å². The van der Waals surface area contributed by atoms with Crippen LogP contribution in [0.15, 0.2) is 36.4 Å². The van der Waals surface area contributed by atoms with E-state index in [9.17, 15) is 4.79 Å². The molecule has 4 nitrogen and oxygen atoms in total. The summed E-state index contributed by atoms with van der Waals surface area (Å²) in [4.78, 5) is 19.8. The summed E-state index contributed by atoms with van der Waals surface area (Å²) in [5.41, 5.74) is 5.77. The summed E-state index contributed by atoms with van der Waals surface area (Å²) in [5, 5.41) is 2.82. The standard InChI is InChI=1S/C17H17N3O/c1-10-6-4-5-7-13(10)16(21)20-17-18-14-8-11(2)12(3)9-15(14)19-17/h4-9H,1-3H3,(H2,18,19,20,21). The third-order valence-electron chi connectivity index (χ3n) is 3.72. The number of nitrogens with zero attached hydrogens (tertiary/aromatic N) is 1. The Morgan fingerprint density at radius 3 is 2.52 bits per heavy atom. The molecule has 0 fully saturated rings. The number of rotatable bonds is 2. The van der Waals surface area contributed by atoms with Crippen molar-refractivity contribution in [1.29, 1.82) is 0 Å². The molecule has 0 aliphatic heterocycles. The Bertz CT molecular complexity index is 794. The van der Waals surface area contributed by atoms with E-state index in [-0.39, 0.29) is 5.91 Å². The highest BCUT2D eigenvalue weighted by Crippen LogP contribution is 2.19. The molecule has 3 aromatic rings. The summed E-state index contributed by atoms with van der Waals surface area (Å²) < 4.78 is 0. The van der Waals surface area contributed by atoms with E-state index in [0.717, 1.165) is 16.6 Å². The van der Waals surface area contributed by atoms with Crippen molar-refractivity contribution in [1.82, 2.24) is 9.97 Å². The molecule has 2 aromatic carbocycles. The number of H-pyrrole nitrogens is 1. The first kappa shape index (κ1) is 13.4. The Morgan fingerprint density at radius 1 is 1.05 bits per heavy atom. The minimum absolute atomic E-state index is 0.152. The summed E-state index contributed by atoms with van der Waals surface area (Å²) >= 11 is 0. The third-order valence-corrected chi connectivity index (χ3v) is 3.72. The van der Waals surface area contributed by atoms with Crippen molar-refractivity contribution in [2.45, 2.75) is 20.8 Å². The monoisotopic (exact) mass is 279 g/mol. The number of aromatic nitrogens is 2. The van der Waals surface area contributed by atoms with Gasteiger partial charge in [-0.05, 0) is 55.7 Å². The number of hydrogen-bond donors (Lipinski definition) is 2. The van der Waals surface area contributed by atoms with Gasteiger partial charge in [0, 0.05) is 5.56 Å². The van der Waals surface area contributed by atoms with Crippen LogP contribution >= 0.6 is 0 Å². The third kappa shape index (κ3) is 2.52. The van der Waals surface area contributed by atoms with Gasteiger partial charge in [-0.25, -0.2) is 4.98 Å². The molecule has 0 saturated carbocycles. The molecule has 2 N–H and O–H groups in total. The molecule has 0 saturated heterocycles. The highest BCUT2D eigenvalue weighted by molar-refractivity contribution is 6.04. The summed E-state index contributed by atoms with van der Waals surface area (Å²) in [6.07, 6.45) is 0. The van der Waals surface area contributed by atoms with Crippen LogP contribution in [-0.2, 0) is 0 Å². The maximum atomic E-state index is 12.3. The van der Waals surface area contributed by atoms with Crippen molar-refractivity contribution in [3.63, 3.8) is 0 Å². The predicted molar refractivity (Wildman–Crippen MR) is 84.7 cm³/mol. The number of carbonyl (C=O) groups excluding carboxylic acids is 1. The second-order valence-corrected chi connectivity index (χ2v) is 5.31. The van der Waals surface area contributed by atoms with Gasteiger partial charge in [0.05, 0.1) is 11.0 Å². The van der Waals surface area contributed by atoms with Crippen LogP contribution in [0.3, 0.4) is 0 Å². The summed E-state index contributed by atoms with van der Waals surface area (Å²) in [7, 11) is 0. The maximum absolute atomic E-state index is 12.3.